The third-order valence-corrected chi connectivity index (χ3v) is 5.19. The predicted molar refractivity (Wildman–Crippen MR) is 87.2 cm³/mol. The first-order chi connectivity index (χ1) is 10.9. The lowest BCUT2D eigenvalue weighted by molar-refractivity contribution is 0.483. The molecule has 0 atom stereocenters. The fraction of sp³-hybridized carbons (Fsp3) is 0.467. The number of aryl methyl sites for hydroxylation is 1. The van der Waals surface area contributed by atoms with Crippen molar-refractivity contribution in [1.82, 2.24) is 10.2 Å². The fourth-order valence-corrected chi connectivity index (χ4v) is 3.53. The van der Waals surface area contributed by atoms with E-state index >= 15 is 0 Å². The molecule has 7 nitrogen and oxygen atoms in total. The van der Waals surface area contributed by atoms with Crippen LogP contribution in [0.15, 0.2) is 27.5 Å². The minimum absolute atomic E-state index is 0.0400. The van der Waals surface area contributed by atoms with Crippen LogP contribution < -0.4 is 9.62 Å². The van der Waals surface area contributed by atoms with Gasteiger partial charge in [0.05, 0.1) is 4.90 Å². The van der Waals surface area contributed by atoms with E-state index in [0.29, 0.717) is 5.89 Å². The van der Waals surface area contributed by atoms with Crippen LogP contribution in [-0.4, -0.2) is 32.2 Å². The predicted octanol–water partition coefficient (Wildman–Crippen LogP) is 2.38. The van der Waals surface area contributed by atoms with E-state index in [9.17, 15) is 8.42 Å². The molecule has 2 aromatic rings. The number of aromatic nitrogens is 2. The van der Waals surface area contributed by atoms with Crippen LogP contribution in [-0.2, 0) is 16.4 Å². The topological polar surface area (TPSA) is 88.3 Å². The van der Waals surface area contributed by atoms with Crippen LogP contribution in [0.5, 0.6) is 0 Å². The molecule has 0 bridgehead atoms. The Bertz CT molecular complexity index is 814. The van der Waals surface area contributed by atoms with E-state index in [1.165, 1.54) is 0 Å². The van der Waals surface area contributed by atoms with Gasteiger partial charge in [0.2, 0.25) is 5.89 Å². The molecule has 1 aromatic carbocycles. The fourth-order valence-electron chi connectivity index (χ4n) is 2.59. The first kappa shape index (κ1) is 15.8. The molecule has 3 rings (SSSR count). The third kappa shape index (κ3) is 3.17. The Kier molecular flexibility index (Phi) is 4.01. The summed E-state index contributed by atoms with van der Waals surface area (Å²) in [5.41, 5.74) is 2.12. The Morgan fingerprint density at radius 2 is 2.09 bits per heavy atom. The standard InChI is InChI=1S/C15H20N4O3S/c1-10(2)14-16-17-15(22-14)18-23(20,21)12-7-6-11-5-4-8-19(3)13(11)9-12/h6-7,9-10H,4-5,8H2,1-3H3,(H,17,18). The molecule has 8 heteroatoms. The Labute approximate surface area is 135 Å². The first-order valence-corrected chi connectivity index (χ1v) is 9.05. The van der Waals surface area contributed by atoms with Gasteiger partial charge in [-0.25, -0.2) is 13.1 Å². The summed E-state index contributed by atoms with van der Waals surface area (Å²) in [6, 6.07) is 5.06. The van der Waals surface area contributed by atoms with Crippen LogP contribution in [0.25, 0.3) is 0 Å². The zero-order valence-corrected chi connectivity index (χ0v) is 14.2. The zero-order chi connectivity index (χ0) is 16.6. The van der Waals surface area contributed by atoms with Gasteiger partial charge in [-0.1, -0.05) is 25.0 Å². The van der Waals surface area contributed by atoms with Gasteiger partial charge < -0.3 is 9.32 Å². The highest BCUT2D eigenvalue weighted by Crippen LogP contribution is 2.29. The minimum Gasteiger partial charge on any atom is -0.407 e. The number of nitrogens with one attached hydrogen (secondary N) is 1. The van der Waals surface area contributed by atoms with Crippen LogP contribution in [0.4, 0.5) is 11.7 Å². The lowest BCUT2D eigenvalue weighted by atomic mass is 10.0. The SMILES string of the molecule is CC(C)c1nnc(NS(=O)(=O)c2ccc3c(c2)N(C)CCC3)o1. The van der Waals surface area contributed by atoms with Crippen molar-refractivity contribution >= 4 is 21.7 Å². The van der Waals surface area contributed by atoms with Crippen molar-refractivity contribution in [1.29, 1.82) is 0 Å². The number of anilines is 2. The number of benzene rings is 1. The molecule has 0 spiro atoms. The molecule has 0 aliphatic carbocycles. The maximum absolute atomic E-state index is 12.5. The van der Waals surface area contributed by atoms with E-state index < -0.39 is 10.0 Å². The van der Waals surface area contributed by atoms with E-state index in [1.54, 1.807) is 12.1 Å². The Balaban J connectivity index is 1.88. The van der Waals surface area contributed by atoms with Crippen molar-refractivity contribution in [2.45, 2.75) is 37.5 Å². The normalized spacial score (nSPS) is 14.9. The zero-order valence-electron chi connectivity index (χ0n) is 13.4. The van der Waals surface area contributed by atoms with E-state index in [0.717, 1.165) is 30.6 Å². The molecule has 23 heavy (non-hydrogen) atoms. The number of hydrogen-bond acceptors (Lipinski definition) is 6. The molecule has 1 aromatic heterocycles. The summed E-state index contributed by atoms with van der Waals surface area (Å²) in [4.78, 5) is 2.26. The number of hydrogen-bond donors (Lipinski definition) is 1. The molecular weight excluding hydrogens is 316 g/mol. The molecule has 0 amide bonds. The van der Waals surface area contributed by atoms with E-state index in [-0.39, 0.29) is 16.8 Å². The summed E-state index contributed by atoms with van der Waals surface area (Å²) in [6.07, 6.45) is 2.04. The molecular formula is C15H20N4O3S. The second-order valence-electron chi connectivity index (χ2n) is 6.02. The number of sulfonamides is 1. The highest BCUT2D eigenvalue weighted by atomic mass is 32.2. The molecule has 0 radical (unpaired) electrons. The molecule has 1 N–H and O–H groups in total. The van der Waals surface area contributed by atoms with Crippen molar-refractivity contribution in [2.75, 3.05) is 23.2 Å². The Morgan fingerprint density at radius 1 is 1.30 bits per heavy atom. The maximum Gasteiger partial charge on any atom is 0.329 e. The molecule has 0 saturated heterocycles. The van der Waals surface area contributed by atoms with Gasteiger partial charge in [-0.15, -0.1) is 5.10 Å². The summed E-state index contributed by atoms with van der Waals surface area (Å²) >= 11 is 0. The summed E-state index contributed by atoms with van der Waals surface area (Å²) in [7, 11) is -1.79. The molecule has 0 saturated carbocycles. The van der Waals surface area contributed by atoms with Crippen LogP contribution in [0.1, 0.15) is 37.6 Å². The van der Waals surface area contributed by atoms with Gasteiger partial charge in [0.1, 0.15) is 0 Å². The van der Waals surface area contributed by atoms with Gasteiger partial charge in [-0.05, 0) is 30.5 Å². The summed E-state index contributed by atoms with van der Waals surface area (Å²) in [5, 5.41) is 7.56. The van der Waals surface area contributed by atoms with E-state index in [4.69, 9.17) is 4.42 Å². The maximum atomic E-state index is 12.5. The van der Waals surface area contributed by atoms with Crippen LogP contribution in [0, 0.1) is 0 Å². The van der Waals surface area contributed by atoms with Gasteiger partial charge in [0.25, 0.3) is 10.0 Å². The van der Waals surface area contributed by atoms with Crippen LogP contribution >= 0.6 is 0 Å². The minimum atomic E-state index is -3.76. The summed E-state index contributed by atoms with van der Waals surface area (Å²) in [6.45, 7) is 4.71. The van der Waals surface area contributed by atoms with Gasteiger partial charge in [0.15, 0.2) is 0 Å². The van der Waals surface area contributed by atoms with Crippen LogP contribution in [0.3, 0.4) is 0 Å². The van der Waals surface area contributed by atoms with E-state index in [2.05, 4.69) is 19.8 Å². The largest absolute Gasteiger partial charge is 0.407 e. The quantitative estimate of drug-likeness (QED) is 0.922. The summed E-state index contributed by atoms with van der Waals surface area (Å²) in [5.74, 6) is 0.436. The van der Waals surface area contributed by atoms with Crippen molar-refractivity contribution in [3.05, 3.63) is 29.7 Å². The lowest BCUT2D eigenvalue weighted by Gasteiger charge is -2.27. The second-order valence-corrected chi connectivity index (χ2v) is 7.70. The Hall–Kier alpha value is -2.09. The smallest absolute Gasteiger partial charge is 0.329 e. The molecule has 1 aliphatic rings. The molecule has 0 fully saturated rings. The van der Waals surface area contributed by atoms with Gasteiger partial charge >= 0.3 is 6.01 Å². The molecule has 1 aliphatic heterocycles. The average molecular weight is 336 g/mol. The highest BCUT2D eigenvalue weighted by molar-refractivity contribution is 7.92. The van der Waals surface area contributed by atoms with Crippen molar-refractivity contribution < 1.29 is 12.8 Å². The van der Waals surface area contributed by atoms with Gasteiger partial charge in [-0.3, -0.25) is 0 Å². The third-order valence-electron chi connectivity index (χ3n) is 3.87. The summed E-state index contributed by atoms with van der Waals surface area (Å²) < 4.78 is 32.7. The second kappa shape index (κ2) is 5.84. The van der Waals surface area contributed by atoms with Gasteiger partial charge in [-0.2, -0.15) is 0 Å². The first-order valence-electron chi connectivity index (χ1n) is 7.57. The molecule has 0 unspecified atom stereocenters. The molecule has 2 heterocycles. The monoisotopic (exact) mass is 336 g/mol. The number of fused-ring (bicyclic) bond motifs is 1. The number of rotatable bonds is 4. The van der Waals surface area contributed by atoms with Crippen molar-refractivity contribution in [2.24, 2.45) is 0 Å². The van der Waals surface area contributed by atoms with Crippen molar-refractivity contribution in [3.8, 4) is 0 Å². The van der Waals surface area contributed by atoms with Crippen molar-refractivity contribution in [3.63, 3.8) is 0 Å². The van der Waals surface area contributed by atoms with Crippen LogP contribution in [0.2, 0.25) is 0 Å². The van der Waals surface area contributed by atoms with Gasteiger partial charge in [0, 0.05) is 25.2 Å². The van der Waals surface area contributed by atoms with E-state index in [1.807, 2.05) is 27.0 Å². The average Bonchev–Trinajstić information content (AvgIpc) is 2.95. The molecule has 124 valence electrons. The lowest BCUT2D eigenvalue weighted by Crippen LogP contribution is -2.25. The highest BCUT2D eigenvalue weighted by Gasteiger charge is 2.22. The Morgan fingerprint density at radius 3 is 2.78 bits per heavy atom. The number of nitrogens with zero attached hydrogens (tertiary/aromatic N) is 3.